The number of pyridine rings is 1. The minimum atomic E-state index is -0.119. The van der Waals surface area contributed by atoms with Crippen molar-refractivity contribution in [3.8, 4) is 0 Å². The molecule has 166 valence electrons. The number of halogens is 1. The normalized spacial score (nSPS) is 16.2. The van der Waals surface area contributed by atoms with Crippen molar-refractivity contribution in [2.24, 2.45) is 0 Å². The van der Waals surface area contributed by atoms with Crippen LogP contribution in [-0.4, -0.2) is 17.4 Å². The maximum atomic E-state index is 13.7. The number of amides is 1. The molecule has 1 aliphatic heterocycles. The number of nitrogens with zero attached hydrogens (tertiary/aromatic N) is 1. The van der Waals surface area contributed by atoms with Crippen LogP contribution in [0.3, 0.4) is 0 Å². The minimum absolute atomic E-state index is 0.0333. The highest BCUT2D eigenvalue weighted by Gasteiger charge is 2.29. The van der Waals surface area contributed by atoms with E-state index >= 15 is 0 Å². The number of carbonyl (C=O) groups excluding carboxylic acids is 1. The molecule has 0 bridgehead atoms. The van der Waals surface area contributed by atoms with E-state index in [1.165, 1.54) is 10.5 Å². The van der Waals surface area contributed by atoms with Gasteiger partial charge in [0, 0.05) is 27.4 Å². The van der Waals surface area contributed by atoms with Gasteiger partial charge < -0.3 is 10.2 Å². The number of rotatable bonds is 5. The molecule has 2 atom stereocenters. The van der Waals surface area contributed by atoms with Crippen molar-refractivity contribution in [2.75, 3.05) is 6.54 Å². The fourth-order valence-corrected chi connectivity index (χ4v) is 5.43. The molecule has 33 heavy (non-hydrogen) atoms. The van der Waals surface area contributed by atoms with Gasteiger partial charge in [0.1, 0.15) is 13.1 Å². The fraction of sp³-hybridized carbons (Fsp3) is 0.214. The first-order chi connectivity index (χ1) is 16.1. The zero-order valence-corrected chi connectivity index (χ0v) is 20.2. The molecule has 4 aromatic rings. The zero-order chi connectivity index (χ0) is 22.8. The number of carbonyl (C=O) groups is 1. The molecule has 5 heteroatoms. The van der Waals surface area contributed by atoms with E-state index in [2.05, 4.69) is 51.6 Å². The fourth-order valence-electron chi connectivity index (χ4n) is 4.80. The average Bonchev–Trinajstić information content (AvgIpc) is 2.83. The van der Waals surface area contributed by atoms with E-state index in [0.717, 1.165) is 63.8 Å². The van der Waals surface area contributed by atoms with Crippen molar-refractivity contribution < 1.29 is 9.69 Å². The highest BCUT2D eigenvalue weighted by atomic mass is 79.9. The Balaban J connectivity index is 1.50. The lowest BCUT2D eigenvalue weighted by molar-refractivity contribution is -0.929. The summed E-state index contributed by atoms with van der Waals surface area (Å²) in [6.07, 6.45) is 0.877. The third-order valence-corrected chi connectivity index (χ3v) is 7.19. The van der Waals surface area contributed by atoms with Gasteiger partial charge in [0.05, 0.1) is 29.4 Å². The molecule has 1 amide bonds. The third kappa shape index (κ3) is 4.56. The summed E-state index contributed by atoms with van der Waals surface area (Å²) in [7, 11) is 0. The molecule has 2 heterocycles. The summed E-state index contributed by atoms with van der Waals surface area (Å²) in [4.78, 5) is 20.1. The molecular weight excluding hydrogens is 474 g/mol. The molecule has 5 rings (SSSR count). The zero-order valence-electron chi connectivity index (χ0n) is 18.6. The first-order valence-electron chi connectivity index (χ1n) is 11.4. The number of fused-ring (bicyclic) bond motifs is 2. The maximum Gasteiger partial charge on any atom is 0.253 e. The van der Waals surface area contributed by atoms with Crippen LogP contribution in [-0.2, 0) is 19.5 Å². The summed E-state index contributed by atoms with van der Waals surface area (Å²) in [6.45, 7) is 4.79. The lowest BCUT2D eigenvalue weighted by Gasteiger charge is -2.28. The third-order valence-electron chi connectivity index (χ3n) is 6.46. The predicted octanol–water partition coefficient (Wildman–Crippen LogP) is 4.63. The average molecular weight is 501 g/mol. The number of nitrogens with one attached hydrogen (secondary N) is 2. The van der Waals surface area contributed by atoms with E-state index in [1.807, 2.05) is 55.5 Å². The van der Waals surface area contributed by atoms with Gasteiger partial charge in [-0.3, -0.25) is 9.78 Å². The molecule has 0 saturated heterocycles. The van der Waals surface area contributed by atoms with E-state index in [-0.39, 0.29) is 11.9 Å². The van der Waals surface area contributed by atoms with Gasteiger partial charge in [-0.25, -0.2) is 0 Å². The Labute approximate surface area is 202 Å². The van der Waals surface area contributed by atoms with E-state index in [0.29, 0.717) is 0 Å². The Morgan fingerprint density at radius 2 is 1.76 bits per heavy atom. The van der Waals surface area contributed by atoms with E-state index in [1.54, 1.807) is 0 Å². The minimum Gasteiger partial charge on any atom is -0.345 e. The van der Waals surface area contributed by atoms with Gasteiger partial charge in [-0.05, 0) is 24.6 Å². The topological polar surface area (TPSA) is 46.4 Å². The van der Waals surface area contributed by atoms with Crippen LogP contribution < -0.4 is 10.2 Å². The molecule has 0 fully saturated rings. The SMILES string of the molecule is C[C@H](NC(=O)c1c2c(nc3ccccc13)CC[NH+](Cc1ccccc1)C2)c1ccccc1Br. The van der Waals surface area contributed by atoms with Gasteiger partial charge in [-0.2, -0.15) is 0 Å². The number of benzene rings is 3. The first kappa shape index (κ1) is 21.8. The monoisotopic (exact) mass is 500 g/mol. The molecule has 0 radical (unpaired) electrons. The van der Waals surface area contributed by atoms with E-state index in [9.17, 15) is 4.79 Å². The van der Waals surface area contributed by atoms with Crippen molar-refractivity contribution in [3.63, 3.8) is 0 Å². The number of hydrogen-bond donors (Lipinski definition) is 2. The Morgan fingerprint density at radius 3 is 2.58 bits per heavy atom. The van der Waals surface area contributed by atoms with Crippen molar-refractivity contribution in [1.82, 2.24) is 10.3 Å². The molecule has 1 aliphatic rings. The van der Waals surface area contributed by atoms with Gasteiger partial charge >= 0.3 is 0 Å². The van der Waals surface area contributed by atoms with Crippen molar-refractivity contribution in [3.05, 3.63) is 111 Å². The molecule has 0 spiro atoms. The van der Waals surface area contributed by atoms with E-state index in [4.69, 9.17) is 4.98 Å². The van der Waals surface area contributed by atoms with E-state index < -0.39 is 0 Å². The number of hydrogen-bond acceptors (Lipinski definition) is 2. The number of quaternary nitrogens is 1. The molecule has 1 aromatic heterocycles. The quantitative estimate of drug-likeness (QED) is 0.419. The van der Waals surface area contributed by atoms with Crippen LogP contribution in [0, 0.1) is 0 Å². The second-order valence-electron chi connectivity index (χ2n) is 8.74. The first-order valence-corrected chi connectivity index (χ1v) is 12.2. The summed E-state index contributed by atoms with van der Waals surface area (Å²) in [5, 5.41) is 4.18. The predicted molar refractivity (Wildman–Crippen MR) is 135 cm³/mol. The van der Waals surface area contributed by atoms with Crippen molar-refractivity contribution >= 4 is 32.7 Å². The molecule has 2 N–H and O–H groups in total. The van der Waals surface area contributed by atoms with Crippen LogP contribution in [0.25, 0.3) is 10.9 Å². The molecule has 3 aromatic carbocycles. The molecule has 4 nitrogen and oxygen atoms in total. The lowest BCUT2D eigenvalue weighted by atomic mass is 9.94. The Morgan fingerprint density at radius 1 is 1.03 bits per heavy atom. The van der Waals surface area contributed by atoms with Crippen LogP contribution in [0.4, 0.5) is 0 Å². The van der Waals surface area contributed by atoms with Crippen LogP contribution in [0.2, 0.25) is 0 Å². The Bertz CT molecular complexity index is 1310. The van der Waals surface area contributed by atoms with Crippen LogP contribution in [0.5, 0.6) is 0 Å². The largest absolute Gasteiger partial charge is 0.345 e. The summed E-state index contributed by atoms with van der Waals surface area (Å²) < 4.78 is 0.998. The Hall–Kier alpha value is -3.02. The van der Waals surface area contributed by atoms with Crippen LogP contribution in [0.15, 0.2) is 83.3 Å². The highest BCUT2D eigenvalue weighted by molar-refractivity contribution is 9.10. The van der Waals surface area contributed by atoms with Gasteiger partial charge in [-0.15, -0.1) is 0 Å². The van der Waals surface area contributed by atoms with Gasteiger partial charge in [0.2, 0.25) is 0 Å². The summed E-state index contributed by atoms with van der Waals surface area (Å²) >= 11 is 3.62. The van der Waals surface area contributed by atoms with Gasteiger partial charge in [0.25, 0.3) is 5.91 Å². The highest BCUT2D eigenvalue weighted by Crippen LogP contribution is 2.27. The standard InChI is InChI=1S/C28H26BrN3O/c1-19(21-11-5-7-13-24(21)29)30-28(33)27-22-12-6-8-14-25(22)31-26-15-16-32(18-23(26)27)17-20-9-3-2-4-10-20/h2-14,19H,15-18H2,1H3,(H,30,33)/p+1/t19-/m0/s1. The Kier molecular flexibility index (Phi) is 6.25. The second-order valence-corrected chi connectivity index (χ2v) is 9.59. The second kappa shape index (κ2) is 9.46. The van der Waals surface area contributed by atoms with Crippen LogP contribution >= 0.6 is 15.9 Å². The van der Waals surface area contributed by atoms with Crippen LogP contribution in [0.1, 0.15) is 45.7 Å². The van der Waals surface area contributed by atoms with Crippen molar-refractivity contribution in [2.45, 2.75) is 32.5 Å². The molecule has 1 unspecified atom stereocenters. The summed E-state index contributed by atoms with van der Waals surface area (Å²) in [5.41, 5.74) is 6.20. The van der Waals surface area contributed by atoms with Crippen molar-refractivity contribution in [1.29, 1.82) is 0 Å². The number of aromatic nitrogens is 1. The maximum absolute atomic E-state index is 13.7. The molecular formula is C28H27BrN3O+. The number of para-hydroxylation sites is 1. The summed E-state index contributed by atoms with van der Waals surface area (Å²) in [6, 6.07) is 26.5. The van der Waals surface area contributed by atoms with Gasteiger partial charge in [-0.1, -0.05) is 82.7 Å². The smallest absolute Gasteiger partial charge is 0.253 e. The van der Waals surface area contributed by atoms with Gasteiger partial charge in [0.15, 0.2) is 0 Å². The molecule has 0 aliphatic carbocycles. The summed E-state index contributed by atoms with van der Waals surface area (Å²) in [5.74, 6) is -0.0333. The molecule has 0 saturated carbocycles. The lowest BCUT2D eigenvalue weighted by Crippen LogP contribution is -3.10.